The summed E-state index contributed by atoms with van der Waals surface area (Å²) in [6.07, 6.45) is 4.51. The average molecular weight is 261 g/mol. The van der Waals surface area contributed by atoms with Crippen LogP contribution in [0.1, 0.15) is 43.4 Å². The molecule has 1 fully saturated rings. The molecule has 1 saturated heterocycles. The fraction of sp³-hybridized carbons (Fsp3) is 0.625. The lowest BCUT2D eigenvalue weighted by Crippen LogP contribution is -2.39. The molecule has 1 N–H and O–H groups in total. The molecule has 3 nitrogen and oxygen atoms in total. The number of ether oxygens (including phenoxy) is 2. The zero-order chi connectivity index (χ0) is 13.3. The van der Waals surface area contributed by atoms with Crippen LogP contribution in [-0.4, -0.2) is 25.9 Å². The molecule has 3 rings (SSSR count). The molecule has 0 radical (unpaired) electrons. The summed E-state index contributed by atoms with van der Waals surface area (Å²) in [5, 5.41) is 3.44. The lowest BCUT2D eigenvalue weighted by molar-refractivity contribution is -0.0105. The molecular weight excluding hydrogens is 238 g/mol. The normalized spacial score (nSPS) is 27.7. The maximum absolute atomic E-state index is 6.00. The average Bonchev–Trinajstić information content (AvgIpc) is 2.87. The summed E-state index contributed by atoms with van der Waals surface area (Å²) in [6, 6.07) is 6.84. The predicted octanol–water partition coefficient (Wildman–Crippen LogP) is 2.84. The molecule has 0 amide bonds. The second-order valence-corrected chi connectivity index (χ2v) is 5.81. The van der Waals surface area contributed by atoms with E-state index in [0.717, 1.165) is 44.6 Å². The SMILES string of the molecule is CNC(c1ccc2c(c1)CCCO2)C1(C)CCCO1. The van der Waals surface area contributed by atoms with Crippen LogP contribution in [0.3, 0.4) is 0 Å². The molecule has 104 valence electrons. The van der Waals surface area contributed by atoms with Gasteiger partial charge in [-0.15, -0.1) is 0 Å². The maximum atomic E-state index is 6.00. The summed E-state index contributed by atoms with van der Waals surface area (Å²) in [5.41, 5.74) is 2.57. The van der Waals surface area contributed by atoms with E-state index < -0.39 is 0 Å². The van der Waals surface area contributed by atoms with Crippen LogP contribution in [0.15, 0.2) is 18.2 Å². The first-order valence-corrected chi connectivity index (χ1v) is 7.30. The molecule has 0 spiro atoms. The van der Waals surface area contributed by atoms with Crippen molar-refractivity contribution in [3.05, 3.63) is 29.3 Å². The van der Waals surface area contributed by atoms with Crippen molar-refractivity contribution in [2.45, 2.75) is 44.2 Å². The van der Waals surface area contributed by atoms with Crippen molar-refractivity contribution in [2.75, 3.05) is 20.3 Å². The van der Waals surface area contributed by atoms with Crippen molar-refractivity contribution in [1.82, 2.24) is 5.32 Å². The Kier molecular flexibility index (Phi) is 3.50. The van der Waals surface area contributed by atoms with Gasteiger partial charge in [-0.25, -0.2) is 0 Å². The molecule has 2 atom stereocenters. The van der Waals surface area contributed by atoms with Crippen molar-refractivity contribution in [1.29, 1.82) is 0 Å². The van der Waals surface area contributed by atoms with Gasteiger partial charge < -0.3 is 14.8 Å². The van der Waals surface area contributed by atoms with Crippen LogP contribution < -0.4 is 10.1 Å². The van der Waals surface area contributed by atoms with Crippen LogP contribution in [0.25, 0.3) is 0 Å². The lowest BCUT2D eigenvalue weighted by Gasteiger charge is -2.34. The van der Waals surface area contributed by atoms with Crippen molar-refractivity contribution in [2.24, 2.45) is 0 Å². The van der Waals surface area contributed by atoms with E-state index in [2.05, 4.69) is 30.4 Å². The number of hydrogen-bond acceptors (Lipinski definition) is 3. The zero-order valence-electron chi connectivity index (χ0n) is 11.9. The Morgan fingerprint density at radius 3 is 2.89 bits per heavy atom. The Balaban J connectivity index is 1.91. The molecule has 2 aliphatic rings. The number of likely N-dealkylation sites (N-methyl/N-ethyl adjacent to an activating group) is 1. The van der Waals surface area contributed by atoms with Gasteiger partial charge in [-0.2, -0.15) is 0 Å². The molecule has 1 aromatic carbocycles. The molecule has 0 bridgehead atoms. The minimum Gasteiger partial charge on any atom is -0.493 e. The number of nitrogens with one attached hydrogen (secondary N) is 1. The van der Waals surface area contributed by atoms with Crippen LogP contribution in [0, 0.1) is 0 Å². The number of rotatable bonds is 3. The zero-order valence-corrected chi connectivity index (χ0v) is 11.9. The van der Waals surface area contributed by atoms with Crippen LogP contribution in [-0.2, 0) is 11.2 Å². The highest BCUT2D eigenvalue weighted by Crippen LogP contribution is 2.38. The van der Waals surface area contributed by atoms with Crippen LogP contribution in [0.2, 0.25) is 0 Å². The molecule has 19 heavy (non-hydrogen) atoms. The first-order chi connectivity index (χ1) is 9.23. The molecule has 3 heteroatoms. The van der Waals surface area contributed by atoms with Crippen molar-refractivity contribution in [3.63, 3.8) is 0 Å². The number of benzene rings is 1. The second-order valence-electron chi connectivity index (χ2n) is 5.81. The van der Waals surface area contributed by atoms with E-state index in [4.69, 9.17) is 9.47 Å². The van der Waals surface area contributed by atoms with Gasteiger partial charge in [0, 0.05) is 6.61 Å². The van der Waals surface area contributed by atoms with Gasteiger partial charge in [0.1, 0.15) is 5.75 Å². The summed E-state index contributed by atoms with van der Waals surface area (Å²) in [5.74, 6) is 1.06. The molecule has 2 aliphatic heterocycles. The quantitative estimate of drug-likeness (QED) is 0.907. The largest absolute Gasteiger partial charge is 0.493 e. The smallest absolute Gasteiger partial charge is 0.122 e. The van der Waals surface area contributed by atoms with E-state index in [1.807, 2.05) is 7.05 Å². The highest BCUT2D eigenvalue weighted by molar-refractivity contribution is 5.40. The Bertz CT molecular complexity index is 452. The highest BCUT2D eigenvalue weighted by atomic mass is 16.5. The van der Waals surface area contributed by atoms with Gasteiger partial charge in [-0.1, -0.05) is 12.1 Å². The number of hydrogen-bond donors (Lipinski definition) is 1. The van der Waals surface area contributed by atoms with E-state index in [9.17, 15) is 0 Å². The monoisotopic (exact) mass is 261 g/mol. The Hall–Kier alpha value is -1.06. The van der Waals surface area contributed by atoms with Crippen LogP contribution in [0.4, 0.5) is 0 Å². The third-order valence-corrected chi connectivity index (χ3v) is 4.41. The number of aryl methyl sites for hydroxylation is 1. The molecule has 1 aromatic rings. The summed E-state index contributed by atoms with van der Waals surface area (Å²) in [6.45, 7) is 3.95. The second kappa shape index (κ2) is 5.14. The first-order valence-electron chi connectivity index (χ1n) is 7.30. The number of fused-ring (bicyclic) bond motifs is 1. The van der Waals surface area contributed by atoms with E-state index in [1.54, 1.807) is 0 Å². The minimum absolute atomic E-state index is 0.0848. The third-order valence-electron chi connectivity index (χ3n) is 4.41. The minimum atomic E-state index is -0.0848. The van der Waals surface area contributed by atoms with Gasteiger partial charge in [0.05, 0.1) is 18.2 Å². The maximum Gasteiger partial charge on any atom is 0.122 e. The van der Waals surface area contributed by atoms with Crippen molar-refractivity contribution < 1.29 is 9.47 Å². The molecule has 0 aliphatic carbocycles. The van der Waals surface area contributed by atoms with E-state index in [-0.39, 0.29) is 11.6 Å². The fourth-order valence-electron chi connectivity index (χ4n) is 3.41. The molecule has 2 unspecified atom stereocenters. The van der Waals surface area contributed by atoms with Gasteiger partial charge in [0.15, 0.2) is 0 Å². The van der Waals surface area contributed by atoms with Crippen molar-refractivity contribution in [3.8, 4) is 5.75 Å². The standard InChI is InChI=1S/C16H23NO2/c1-16(8-4-10-19-16)15(17-2)13-6-7-14-12(11-13)5-3-9-18-14/h6-7,11,15,17H,3-5,8-10H2,1-2H3. The topological polar surface area (TPSA) is 30.5 Å². The first kappa shape index (κ1) is 12.9. The molecule has 2 heterocycles. The van der Waals surface area contributed by atoms with E-state index in [0.29, 0.717) is 0 Å². The van der Waals surface area contributed by atoms with E-state index >= 15 is 0 Å². The van der Waals surface area contributed by atoms with Gasteiger partial charge in [-0.3, -0.25) is 0 Å². The van der Waals surface area contributed by atoms with Crippen LogP contribution in [0.5, 0.6) is 5.75 Å². The summed E-state index contributed by atoms with van der Waals surface area (Å²) in [7, 11) is 2.02. The fourth-order valence-corrected chi connectivity index (χ4v) is 3.41. The van der Waals surface area contributed by atoms with Crippen LogP contribution >= 0.6 is 0 Å². The molecule has 0 saturated carbocycles. The third kappa shape index (κ3) is 2.37. The molecule has 0 aromatic heterocycles. The van der Waals surface area contributed by atoms with Gasteiger partial charge in [-0.05, 0) is 56.8 Å². The summed E-state index contributed by atoms with van der Waals surface area (Å²) >= 11 is 0. The Labute approximate surface area is 115 Å². The van der Waals surface area contributed by atoms with E-state index in [1.165, 1.54) is 11.1 Å². The summed E-state index contributed by atoms with van der Waals surface area (Å²) < 4.78 is 11.7. The van der Waals surface area contributed by atoms with Gasteiger partial charge in [0.2, 0.25) is 0 Å². The van der Waals surface area contributed by atoms with Gasteiger partial charge in [0.25, 0.3) is 0 Å². The predicted molar refractivity (Wildman–Crippen MR) is 75.6 cm³/mol. The Morgan fingerprint density at radius 1 is 1.26 bits per heavy atom. The molecular formula is C16H23NO2. The Morgan fingerprint density at radius 2 is 2.16 bits per heavy atom. The van der Waals surface area contributed by atoms with Crippen molar-refractivity contribution >= 4 is 0 Å². The van der Waals surface area contributed by atoms with Gasteiger partial charge >= 0.3 is 0 Å². The lowest BCUT2D eigenvalue weighted by atomic mass is 9.86. The summed E-state index contributed by atoms with van der Waals surface area (Å²) in [4.78, 5) is 0. The highest BCUT2D eigenvalue weighted by Gasteiger charge is 2.38.